The van der Waals surface area contributed by atoms with Crippen LogP contribution in [0.25, 0.3) is 0 Å². The molecule has 0 aliphatic carbocycles. The van der Waals surface area contributed by atoms with Gasteiger partial charge in [-0.05, 0) is 19.4 Å². The van der Waals surface area contributed by atoms with Crippen molar-refractivity contribution >= 4 is 5.69 Å². The highest BCUT2D eigenvalue weighted by atomic mass is 16.6. The Morgan fingerprint density at radius 1 is 1.40 bits per heavy atom. The molecule has 0 amide bonds. The van der Waals surface area contributed by atoms with Gasteiger partial charge < -0.3 is 5.32 Å². The van der Waals surface area contributed by atoms with Crippen LogP contribution in [0.5, 0.6) is 0 Å². The van der Waals surface area contributed by atoms with Crippen LogP contribution in [-0.2, 0) is 13.5 Å². The van der Waals surface area contributed by atoms with Gasteiger partial charge in [-0.1, -0.05) is 34.1 Å². The summed E-state index contributed by atoms with van der Waals surface area (Å²) in [6.45, 7) is 9.05. The second kappa shape index (κ2) is 7.38. The Morgan fingerprint density at radius 3 is 2.50 bits per heavy atom. The molecule has 0 bridgehead atoms. The molecular weight excluding hydrogens is 256 g/mol. The summed E-state index contributed by atoms with van der Waals surface area (Å²) in [5.41, 5.74) is 1.54. The molecule has 0 radical (unpaired) electrons. The molecule has 2 unspecified atom stereocenters. The van der Waals surface area contributed by atoms with Crippen LogP contribution in [-0.4, -0.2) is 27.3 Å². The summed E-state index contributed by atoms with van der Waals surface area (Å²) in [5, 5.41) is 19.2. The fourth-order valence-corrected chi connectivity index (χ4v) is 2.83. The van der Waals surface area contributed by atoms with Gasteiger partial charge in [0.25, 0.3) is 0 Å². The first kappa shape index (κ1) is 16.6. The first-order chi connectivity index (χ1) is 9.47. The van der Waals surface area contributed by atoms with E-state index in [1.165, 1.54) is 0 Å². The van der Waals surface area contributed by atoms with E-state index >= 15 is 0 Å². The van der Waals surface area contributed by atoms with E-state index in [1.54, 1.807) is 11.7 Å². The van der Waals surface area contributed by atoms with E-state index in [-0.39, 0.29) is 22.6 Å². The van der Waals surface area contributed by atoms with Crippen LogP contribution in [0.2, 0.25) is 0 Å². The van der Waals surface area contributed by atoms with Gasteiger partial charge in [0.2, 0.25) is 0 Å². The first-order valence-electron chi connectivity index (χ1n) is 7.41. The molecule has 0 aromatic carbocycles. The van der Waals surface area contributed by atoms with Crippen molar-refractivity contribution in [1.29, 1.82) is 0 Å². The second-order valence-electron chi connectivity index (χ2n) is 5.17. The Kier molecular flexibility index (Phi) is 6.13. The number of nitrogens with one attached hydrogen (secondary N) is 1. The lowest BCUT2D eigenvalue weighted by Crippen LogP contribution is -2.34. The predicted molar refractivity (Wildman–Crippen MR) is 80.0 cm³/mol. The second-order valence-corrected chi connectivity index (χ2v) is 5.17. The Morgan fingerprint density at radius 2 is 2.05 bits per heavy atom. The van der Waals surface area contributed by atoms with E-state index in [9.17, 15) is 10.1 Å². The third-order valence-corrected chi connectivity index (χ3v) is 3.75. The summed E-state index contributed by atoms with van der Waals surface area (Å²) >= 11 is 0. The molecule has 1 aromatic rings. The largest absolute Gasteiger partial charge is 0.314 e. The molecule has 1 heterocycles. The zero-order valence-corrected chi connectivity index (χ0v) is 13.1. The summed E-state index contributed by atoms with van der Waals surface area (Å²) in [4.78, 5) is 11.2. The van der Waals surface area contributed by atoms with Crippen molar-refractivity contribution in [2.75, 3.05) is 6.54 Å². The SMILES string of the molecule is CCCc1nn(C)c(C(C)C(CC)NCC)c1[N+](=O)[O-]. The number of likely N-dealkylation sites (N-methyl/N-ethyl adjacent to an activating group) is 1. The number of hydrogen-bond donors (Lipinski definition) is 1. The lowest BCUT2D eigenvalue weighted by molar-refractivity contribution is -0.386. The fraction of sp³-hybridized carbons (Fsp3) is 0.786. The minimum atomic E-state index is -0.275. The molecular formula is C14H26N4O2. The van der Waals surface area contributed by atoms with Crippen LogP contribution in [0.4, 0.5) is 5.69 Å². The van der Waals surface area contributed by atoms with Crippen LogP contribution < -0.4 is 5.32 Å². The maximum absolute atomic E-state index is 11.4. The zero-order valence-electron chi connectivity index (χ0n) is 13.1. The van der Waals surface area contributed by atoms with E-state index < -0.39 is 0 Å². The summed E-state index contributed by atoms with van der Waals surface area (Å²) in [5.74, 6) is 0.0588. The molecule has 1 N–H and O–H groups in total. The number of aromatic nitrogens is 2. The molecule has 0 saturated carbocycles. The van der Waals surface area contributed by atoms with E-state index in [0.717, 1.165) is 25.1 Å². The standard InChI is InChI=1S/C14H26N4O2/c1-6-9-12-14(18(19)20)13(17(5)16-12)10(4)11(7-2)15-8-3/h10-11,15H,6-9H2,1-5H3. The van der Waals surface area contributed by atoms with Crippen molar-refractivity contribution in [1.82, 2.24) is 15.1 Å². The molecule has 114 valence electrons. The van der Waals surface area contributed by atoms with Crippen molar-refractivity contribution in [2.24, 2.45) is 7.05 Å². The lowest BCUT2D eigenvalue weighted by atomic mass is 9.94. The number of rotatable bonds is 8. The molecule has 0 aliphatic heterocycles. The van der Waals surface area contributed by atoms with Gasteiger partial charge in [-0.25, -0.2) is 0 Å². The minimum Gasteiger partial charge on any atom is -0.314 e. The van der Waals surface area contributed by atoms with Crippen molar-refractivity contribution in [2.45, 2.75) is 58.9 Å². The monoisotopic (exact) mass is 282 g/mol. The first-order valence-corrected chi connectivity index (χ1v) is 7.41. The van der Waals surface area contributed by atoms with Gasteiger partial charge >= 0.3 is 5.69 Å². The van der Waals surface area contributed by atoms with Crippen LogP contribution in [0.3, 0.4) is 0 Å². The Labute approximate surface area is 120 Å². The number of aryl methyl sites for hydroxylation is 2. The summed E-state index contributed by atoms with van der Waals surface area (Å²) in [6.07, 6.45) is 2.44. The number of nitrogens with zero attached hydrogens (tertiary/aromatic N) is 3. The van der Waals surface area contributed by atoms with Crippen LogP contribution in [0.1, 0.15) is 57.8 Å². The van der Waals surface area contributed by atoms with Crippen LogP contribution in [0.15, 0.2) is 0 Å². The molecule has 6 heteroatoms. The Bertz CT molecular complexity index is 456. The van der Waals surface area contributed by atoms with Gasteiger partial charge in [0, 0.05) is 19.0 Å². The van der Waals surface area contributed by atoms with Gasteiger partial charge in [-0.2, -0.15) is 5.10 Å². The van der Waals surface area contributed by atoms with E-state index in [1.807, 2.05) is 13.8 Å². The highest BCUT2D eigenvalue weighted by Crippen LogP contribution is 2.32. The summed E-state index contributed by atoms with van der Waals surface area (Å²) < 4.78 is 1.69. The smallest absolute Gasteiger partial charge is 0.313 e. The molecule has 6 nitrogen and oxygen atoms in total. The van der Waals surface area contributed by atoms with Crippen LogP contribution >= 0.6 is 0 Å². The number of nitro groups is 1. The summed E-state index contributed by atoms with van der Waals surface area (Å²) in [6, 6.07) is 0.226. The minimum absolute atomic E-state index is 0.0588. The van der Waals surface area contributed by atoms with Crippen molar-refractivity contribution in [3.05, 3.63) is 21.5 Å². The normalized spacial score (nSPS) is 14.2. The average molecular weight is 282 g/mol. The van der Waals surface area contributed by atoms with Gasteiger partial charge in [-0.3, -0.25) is 14.8 Å². The van der Waals surface area contributed by atoms with Crippen molar-refractivity contribution < 1.29 is 4.92 Å². The average Bonchev–Trinajstić information content (AvgIpc) is 2.72. The third kappa shape index (κ3) is 3.36. The topological polar surface area (TPSA) is 73.0 Å². The zero-order chi connectivity index (χ0) is 15.3. The van der Waals surface area contributed by atoms with Crippen LogP contribution in [0, 0.1) is 10.1 Å². The molecule has 2 atom stereocenters. The van der Waals surface area contributed by atoms with E-state index in [2.05, 4.69) is 24.3 Å². The maximum Gasteiger partial charge on any atom is 0.313 e. The lowest BCUT2D eigenvalue weighted by Gasteiger charge is -2.23. The fourth-order valence-electron chi connectivity index (χ4n) is 2.83. The van der Waals surface area contributed by atoms with Gasteiger partial charge in [0.05, 0.1) is 4.92 Å². The predicted octanol–water partition coefficient (Wildman–Crippen LogP) is 2.77. The quantitative estimate of drug-likeness (QED) is 0.588. The number of hydrogen-bond acceptors (Lipinski definition) is 4. The van der Waals surface area contributed by atoms with E-state index in [4.69, 9.17) is 0 Å². The molecule has 1 rings (SSSR count). The highest BCUT2D eigenvalue weighted by Gasteiger charge is 2.32. The van der Waals surface area contributed by atoms with Gasteiger partial charge in [-0.15, -0.1) is 0 Å². The molecule has 0 saturated heterocycles. The molecule has 1 aromatic heterocycles. The summed E-state index contributed by atoms with van der Waals surface area (Å²) in [7, 11) is 1.80. The van der Waals surface area contributed by atoms with Crippen molar-refractivity contribution in [3.63, 3.8) is 0 Å². The molecule has 0 spiro atoms. The molecule has 0 aliphatic rings. The Hall–Kier alpha value is -1.43. The molecule has 0 fully saturated rings. The third-order valence-electron chi connectivity index (χ3n) is 3.75. The highest BCUT2D eigenvalue weighted by molar-refractivity contribution is 5.44. The van der Waals surface area contributed by atoms with Gasteiger partial charge in [0.15, 0.2) is 0 Å². The van der Waals surface area contributed by atoms with Crippen molar-refractivity contribution in [3.8, 4) is 0 Å². The van der Waals surface area contributed by atoms with E-state index in [0.29, 0.717) is 12.1 Å². The maximum atomic E-state index is 11.4. The van der Waals surface area contributed by atoms with Gasteiger partial charge in [0.1, 0.15) is 11.4 Å². The molecule has 20 heavy (non-hydrogen) atoms. The Balaban J connectivity index is 3.24.